The fourth-order valence-corrected chi connectivity index (χ4v) is 3.54. The molecule has 32 heavy (non-hydrogen) atoms. The number of aliphatic hydroxyl groups is 1. The Morgan fingerprint density at radius 3 is 2.53 bits per heavy atom. The summed E-state index contributed by atoms with van der Waals surface area (Å²) in [6, 6.07) is 11.7. The van der Waals surface area contributed by atoms with Gasteiger partial charge >= 0.3 is 0 Å². The van der Waals surface area contributed by atoms with Crippen LogP contribution in [0, 0.1) is 0 Å². The fourth-order valence-electron chi connectivity index (χ4n) is 3.54. The second-order valence-electron chi connectivity index (χ2n) is 8.04. The fraction of sp³-hybridized carbons (Fsp3) is 0.500. The number of pyridine rings is 1. The van der Waals surface area contributed by atoms with Crippen molar-refractivity contribution in [3.63, 3.8) is 0 Å². The maximum atomic E-state index is 10.6. The summed E-state index contributed by atoms with van der Waals surface area (Å²) < 4.78 is 5.66. The minimum absolute atomic E-state index is 0. The van der Waals surface area contributed by atoms with E-state index in [1.165, 1.54) is 12.8 Å². The van der Waals surface area contributed by atoms with Crippen LogP contribution in [0.5, 0.6) is 5.75 Å². The van der Waals surface area contributed by atoms with Gasteiger partial charge in [-0.3, -0.25) is 0 Å². The van der Waals surface area contributed by atoms with E-state index in [2.05, 4.69) is 31.6 Å². The maximum absolute atomic E-state index is 10.6. The summed E-state index contributed by atoms with van der Waals surface area (Å²) in [5.74, 6) is 2.52. The molecular formula is C24H36IN5O2. The lowest BCUT2D eigenvalue weighted by molar-refractivity contribution is 0.180. The molecule has 0 aliphatic carbocycles. The van der Waals surface area contributed by atoms with Crippen molar-refractivity contribution >= 4 is 35.8 Å². The van der Waals surface area contributed by atoms with Crippen molar-refractivity contribution in [3.8, 4) is 5.75 Å². The van der Waals surface area contributed by atoms with Crippen LogP contribution in [0.25, 0.3) is 0 Å². The van der Waals surface area contributed by atoms with E-state index >= 15 is 0 Å². The van der Waals surface area contributed by atoms with Gasteiger partial charge in [0, 0.05) is 32.4 Å². The van der Waals surface area contributed by atoms with E-state index in [1.807, 2.05) is 57.3 Å². The molecule has 1 atom stereocenters. The highest BCUT2D eigenvalue weighted by Gasteiger charge is 2.14. The molecule has 0 amide bonds. The molecule has 0 bridgehead atoms. The molecule has 1 fully saturated rings. The average Bonchev–Trinajstić information content (AvgIpc) is 3.31. The van der Waals surface area contributed by atoms with E-state index in [-0.39, 0.29) is 30.1 Å². The van der Waals surface area contributed by atoms with Gasteiger partial charge in [-0.25, -0.2) is 9.98 Å². The van der Waals surface area contributed by atoms with Crippen molar-refractivity contribution in [2.24, 2.45) is 4.99 Å². The van der Waals surface area contributed by atoms with Crippen LogP contribution in [0.4, 0.5) is 5.82 Å². The second kappa shape index (κ2) is 13.5. The number of nitrogens with one attached hydrogen (secondary N) is 2. The highest BCUT2D eigenvalue weighted by atomic mass is 127. The number of anilines is 1. The molecule has 1 aromatic carbocycles. The number of nitrogens with zero attached hydrogens (tertiary/aromatic N) is 3. The largest absolute Gasteiger partial charge is 0.491 e. The molecule has 3 N–H and O–H groups in total. The predicted molar refractivity (Wildman–Crippen MR) is 141 cm³/mol. The summed E-state index contributed by atoms with van der Waals surface area (Å²) >= 11 is 0. The van der Waals surface area contributed by atoms with Crippen LogP contribution in [0.3, 0.4) is 0 Å². The van der Waals surface area contributed by atoms with E-state index in [1.54, 1.807) is 0 Å². The third-order valence-corrected chi connectivity index (χ3v) is 5.10. The Balaban J connectivity index is 0.00000363. The van der Waals surface area contributed by atoms with Gasteiger partial charge in [-0.2, -0.15) is 0 Å². The molecule has 7 nitrogen and oxygen atoms in total. The van der Waals surface area contributed by atoms with Crippen molar-refractivity contribution in [2.75, 3.05) is 31.1 Å². The first-order chi connectivity index (χ1) is 15.0. The quantitative estimate of drug-likeness (QED) is 0.249. The highest BCUT2D eigenvalue weighted by Crippen LogP contribution is 2.19. The summed E-state index contributed by atoms with van der Waals surface area (Å²) in [4.78, 5) is 11.5. The van der Waals surface area contributed by atoms with Gasteiger partial charge in [-0.05, 0) is 69.0 Å². The number of guanidine groups is 1. The SMILES string of the molecule is CCNC(=NCc1ccnc(N2CCCC2)c1)NCC(O)c1ccc(OC(C)C)cc1.I. The zero-order valence-corrected chi connectivity index (χ0v) is 21.6. The topological polar surface area (TPSA) is 82.0 Å². The smallest absolute Gasteiger partial charge is 0.191 e. The summed E-state index contributed by atoms with van der Waals surface area (Å²) in [7, 11) is 0. The Bertz CT molecular complexity index is 839. The van der Waals surface area contributed by atoms with Crippen LogP contribution in [0.1, 0.15) is 50.8 Å². The molecule has 0 radical (unpaired) electrons. The molecule has 1 aromatic heterocycles. The Morgan fingerprint density at radius 2 is 1.88 bits per heavy atom. The number of aliphatic hydroxyl groups excluding tert-OH is 1. The number of rotatable bonds is 9. The molecule has 1 unspecified atom stereocenters. The minimum Gasteiger partial charge on any atom is -0.491 e. The van der Waals surface area contributed by atoms with Gasteiger partial charge in [0.1, 0.15) is 11.6 Å². The number of aromatic nitrogens is 1. The Morgan fingerprint density at radius 1 is 1.16 bits per heavy atom. The minimum atomic E-state index is -0.639. The van der Waals surface area contributed by atoms with Crippen LogP contribution in [-0.4, -0.2) is 48.3 Å². The molecule has 1 saturated heterocycles. The number of hydrogen-bond acceptors (Lipinski definition) is 5. The molecule has 0 saturated carbocycles. The lowest BCUT2D eigenvalue weighted by atomic mass is 10.1. The third-order valence-electron chi connectivity index (χ3n) is 5.10. The Labute approximate surface area is 208 Å². The molecule has 0 spiro atoms. The first-order valence-electron chi connectivity index (χ1n) is 11.2. The number of hydrogen-bond donors (Lipinski definition) is 3. The Kier molecular flexibility index (Phi) is 11.0. The highest BCUT2D eigenvalue weighted by molar-refractivity contribution is 14.0. The average molecular weight is 553 g/mol. The van der Waals surface area contributed by atoms with E-state index in [0.29, 0.717) is 19.0 Å². The summed E-state index contributed by atoms with van der Waals surface area (Å²) in [6.45, 7) is 9.83. The number of benzene rings is 1. The summed E-state index contributed by atoms with van der Waals surface area (Å²) in [5.41, 5.74) is 1.96. The van der Waals surface area contributed by atoms with Crippen molar-refractivity contribution in [1.29, 1.82) is 0 Å². The van der Waals surface area contributed by atoms with E-state index in [0.717, 1.165) is 42.3 Å². The lowest BCUT2D eigenvalue weighted by Gasteiger charge is -2.17. The van der Waals surface area contributed by atoms with Crippen molar-refractivity contribution in [1.82, 2.24) is 15.6 Å². The van der Waals surface area contributed by atoms with E-state index < -0.39 is 6.10 Å². The molecular weight excluding hydrogens is 517 g/mol. The van der Waals surface area contributed by atoms with E-state index in [4.69, 9.17) is 4.74 Å². The second-order valence-corrected chi connectivity index (χ2v) is 8.04. The molecule has 1 aliphatic rings. The zero-order valence-electron chi connectivity index (χ0n) is 19.3. The lowest BCUT2D eigenvalue weighted by Crippen LogP contribution is -2.39. The van der Waals surface area contributed by atoms with Gasteiger partial charge < -0.3 is 25.4 Å². The van der Waals surface area contributed by atoms with E-state index in [9.17, 15) is 5.11 Å². The zero-order chi connectivity index (χ0) is 22.1. The number of aliphatic imine (C=N–C) groups is 1. The van der Waals surface area contributed by atoms with Gasteiger partial charge in [-0.1, -0.05) is 12.1 Å². The predicted octanol–water partition coefficient (Wildman–Crippen LogP) is 3.88. The van der Waals surface area contributed by atoms with Gasteiger partial charge in [-0.15, -0.1) is 24.0 Å². The first kappa shape index (κ1) is 26.2. The summed E-state index contributed by atoms with van der Waals surface area (Å²) in [5, 5.41) is 17.0. The van der Waals surface area contributed by atoms with Crippen LogP contribution in [-0.2, 0) is 6.54 Å². The van der Waals surface area contributed by atoms with Crippen LogP contribution >= 0.6 is 24.0 Å². The molecule has 8 heteroatoms. The Hall–Kier alpha value is -2.07. The van der Waals surface area contributed by atoms with Gasteiger partial charge in [0.15, 0.2) is 5.96 Å². The normalized spacial score (nSPS) is 14.8. The molecule has 176 valence electrons. The monoisotopic (exact) mass is 553 g/mol. The van der Waals surface area contributed by atoms with Gasteiger partial charge in [0.25, 0.3) is 0 Å². The van der Waals surface area contributed by atoms with Crippen molar-refractivity contribution in [3.05, 3.63) is 53.7 Å². The van der Waals surface area contributed by atoms with Crippen LogP contribution < -0.4 is 20.3 Å². The van der Waals surface area contributed by atoms with Gasteiger partial charge in [0.2, 0.25) is 0 Å². The summed E-state index contributed by atoms with van der Waals surface area (Å²) in [6.07, 6.45) is 3.81. The van der Waals surface area contributed by atoms with Crippen LogP contribution in [0.2, 0.25) is 0 Å². The number of halogens is 1. The van der Waals surface area contributed by atoms with Crippen molar-refractivity contribution < 1.29 is 9.84 Å². The molecule has 1 aliphatic heterocycles. The van der Waals surface area contributed by atoms with Crippen molar-refractivity contribution in [2.45, 2.75) is 52.4 Å². The van der Waals surface area contributed by atoms with Crippen LogP contribution in [0.15, 0.2) is 47.6 Å². The third kappa shape index (κ3) is 8.12. The first-order valence-corrected chi connectivity index (χ1v) is 11.2. The maximum Gasteiger partial charge on any atom is 0.191 e. The standard InChI is InChI=1S/C24H35N5O2.HI/c1-4-25-24(27-16-19-11-12-26-23(15-19)29-13-5-6-14-29)28-17-22(30)20-7-9-21(10-8-20)31-18(2)3;/h7-12,15,18,22,30H,4-6,13-14,16-17H2,1-3H3,(H2,25,27,28);1H. The number of ether oxygens (including phenoxy) is 1. The van der Waals surface area contributed by atoms with Gasteiger partial charge in [0.05, 0.1) is 18.8 Å². The molecule has 3 rings (SSSR count). The molecule has 2 heterocycles. The molecule has 2 aromatic rings.